The molecule has 0 radical (unpaired) electrons. The molecule has 0 N–H and O–H groups in total. The van der Waals surface area contributed by atoms with Gasteiger partial charge in [-0.2, -0.15) is 0 Å². The van der Waals surface area contributed by atoms with Gasteiger partial charge in [-0.25, -0.2) is 0 Å². The highest BCUT2D eigenvalue weighted by atomic mass is 16.5. The summed E-state index contributed by atoms with van der Waals surface area (Å²) in [4.78, 5) is 14.0. The summed E-state index contributed by atoms with van der Waals surface area (Å²) in [6.45, 7) is 0.820. The van der Waals surface area contributed by atoms with Gasteiger partial charge in [-0.1, -0.05) is 18.6 Å². The molecule has 98 valence electrons. The quantitative estimate of drug-likeness (QED) is 0.819. The minimum Gasteiger partial charge on any atom is -0.497 e. The van der Waals surface area contributed by atoms with Crippen LogP contribution in [0, 0.1) is 0 Å². The number of hydrogen-bond donors (Lipinski definition) is 0. The fourth-order valence-corrected chi connectivity index (χ4v) is 2.56. The average Bonchev–Trinajstić information content (AvgIpc) is 2.40. The molecule has 2 rings (SSSR count). The van der Waals surface area contributed by atoms with Crippen LogP contribution in [-0.4, -0.2) is 30.9 Å². The van der Waals surface area contributed by atoms with Crippen molar-refractivity contribution in [1.82, 2.24) is 4.90 Å². The molecule has 1 aromatic rings. The number of methoxy groups -OCH3 is 1. The van der Waals surface area contributed by atoms with Crippen molar-refractivity contribution in [2.45, 2.75) is 38.3 Å². The largest absolute Gasteiger partial charge is 0.497 e. The molecule has 18 heavy (non-hydrogen) atoms. The Morgan fingerprint density at radius 1 is 1.28 bits per heavy atom. The Labute approximate surface area is 109 Å². The molecule has 0 spiro atoms. The van der Waals surface area contributed by atoms with Gasteiger partial charge in [-0.05, 0) is 37.6 Å². The summed E-state index contributed by atoms with van der Waals surface area (Å²) in [5.74, 6) is 1.27. The third-order valence-corrected chi connectivity index (χ3v) is 3.65. The lowest BCUT2D eigenvalue weighted by atomic mass is 9.93. The molecule has 0 amide bonds. The number of ether oxygens (including phenoxy) is 1. The van der Waals surface area contributed by atoms with Gasteiger partial charge in [-0.15, -0.1) is 0 Å². The predicted molar refractivity (Wildman–Crippen MR) is 71.7 cm³/mol. The van der Waals surface area contributed by atoms with Gasteiger partial charge in [-0.3, -0.25) is 9.69 Å². The number of carbonyl (C=O) groups is 1. The smallest absolute Gasteiger partial charge is 0.149 e. The summed E-state index contributed by atoms with van der Waals surface area (Å²) in [6, 6.07) is 8.16. The fraction of sp³-hybridized carbons (Fsp3) is 0.533. The number of nitrogens with zero attached hydrogens (tertiary/aromatic N) is 1. The van der Waals surface area contributed by atoms with Crippen LogP contribution < -0.4 is 4.74 Å². The van der Waals surface area contributed by atoms with Gasteiger partial charge in [0.1, 0.15) is 11.5 Å². The first-order valence-electron chi connectivity index (χ1n) is 6.56. The van der Waals surface area contributed by atoms with Gasteiger partial charge in [0.15, 0.2) is 0 Å². The van der Waals surface area contributed by atoms with Gasteiger partial charge < -0.3 is 4.74 Å². The van der Waals surface area contributed by atoms with Gasteiger partial charge in [0.25, 0.3) is 0 Å². The maximum Gasteiger partial charge on any atom is 0.149 e. The molecule has 0 bridgehead atoms. The van der Waals surface area contributed by atoms with Crippen molar-refractivity contribution in [3.63, 3.8) is 0 Å². The Morgan fingerprint density at radius 3 is 2.61 bits per heavy atom. The highest BCUT2D eigenvalue weighted by Gasteiger charge is 2.25. The molecular formula is C15H21NO2. The van der Waals surface area contributed by atoms with Crippen molar-refractivity contribution in [2.75, 3.05) is 14.2 Å². The number of likely N-dealkylation sites (N-methyl/N-ethyl adjacent to an activating group) is 1. The number of hydrogen-bond acceptors (Lipinski definition) is 3. The van der Waals surface area contributed by atoms with E-state index < -0.39 is 0 Å². The molecule has 0 heterocycles. The van der Waals surface area contributed by atoms with Gasteiger partial charge >= 0.3 is 0 Å². The second-order valence-electron chi connectivity index (χ2n) is 4.99. The first kappa shape index (κ1) is 13.1. The van der Waals surface area contributed by atoms with Crippen molar-refractivity contribution in [3.05, 3.63) is 29.8 Å². The topological polar surface area (TPSA) is 29.5 Å². The molecule has 1 unspecified atom stereocenters. The van der Waals surface area contributed by atoms with Crippen molar-refractivity contribution in [2.24, 2.45) is 0 Å². The second kappa shape index (κ2) is 6.01. The van der Waals surface area contributed by atoms with Crippen LogP contribution in [0.25, 0.3) is 0 Å². The second-order valence-corrected chi connectivity index (χ2v) is 4.99. The number of carbonyl (C=O) groups excluding carboxylic acids is 1. The van der Waals surface area contributed by atoms with E-state index in [0.717, 1.165) is 31.6 Å². The molecule has 3 heteroatoms. The molecule has 0 saturated heterocycles. The molecule has 0 aliphatic heterocycles. The van der Waals surface area contributed by atoms with Gasteiger partial charge in [0.05, 0.1) is 13.2 Å². The summed E-state index contributed by atoms with van der Waals surface area (Å²) < 4.78 is 5.14. The molecule has 3 nitrogen and oxygen atoms in total. The van der Waals surface area contributed by atoms with E-state index in [1.165, 1.54) is 12.0 Å². The summed E-state index contributed by atoms with van der Waals surface area (Å²) in [6.07, 6.45) is 3.98. The SMILES string of the molecule is COc1ccc(CN(C)C2CCCCC2=O)cc1. The van der Waals surface area contributed by atoms with Crippen LogP contribution in [0.5, 0.6) is 5.75 Å². The van der Waals surface area contributed by atoms with Crippen LogP contribution in [0.3, 0.4) is 0 Å². The Balaban J connectivity index is 1.96. The molecule has 1 aliphatic rings. The summed E-state index contributed by atoms with van der Waals surface area (Å²) in [5.41, 5.74) is 1.22. The zero-order valence-electron chi connectivity index (χ0n) is 11.2. The first-order valence-corrected chi connectivity index (χ1v) is 6.56. The number of rotatable bonds is 4. The molecule has 1 aliphatic carbocycles. The molecule has 1 fully saturated rings. The van der Waals surface area contributed by atoms with E-state index >= 15 is 0 Å². The monoisotopic (exact) mass is 247 g/mol. The third kappa shape index (κ3) is 3.10. The van der Waals surface area contributed by atoms with E-state index in [9.17, 15) is 4.79 Å². The lowest BCUT2D eigenvalue weighted by molar-refractivity contribution is -0.125. The molecular weight excluding hydrogens is 226 g/mol. The Kier molecular flexibility index (Phi) is 4.37. The predicted octanol–water partition coefficient (Wildman–Crippen LogP) is 2.64. The standard InChI is InChI=1S/C15H21NO2/c1-16(14-5-3-4-6-15(14)17)11-12-7-9-13(18-2)10-8-12/h7-10,14H,3-6,11H2,1-2H3. The maximum atomic E-state index is 11.9. The van der Waals surface area contributed by atoms with Crippen molar-refractivity contribution in [3.8, 4) is 5.75 Å². The molecule has 0 aromatic heterocycles. The van der Waals surface area contributed by atoms with E-state index in [4.69, 9.17) is 4.74 Å². The lowest BCUT2D eigenvalue weighted by Gasteiger charge is -2.29. The lowest BCUT2D eigenvalue weighted by Crippen LogP contribution is -2.39. The van der Waals surface area contributed by atoms with Gasteiger partial charge in [0, 0.05) is 13.0 Å². The summed E-state index contributed by atoms with van der Waals surface area (Å²) >= 11 is 0. The Morgan fingerprint density at radius 2 is 2.00 bits per heavy atom. The van der Waals surface area contributed by atoms with Crippen LogP contribution in [0.2, 0.25) is 0 Å². The zero-order valence-corrected chi connectivity index (χ0v) is 11.2. The maximum absolute atomic E-state index is 11.9. The van der Waals surface area contributed by atoms with Crippen LogP contribution in [0.4, 0.5) is 0 Å². The van der Waals surface area contributed by atoms with E-state index in [1.807, 2.05) is 19.2 Å². The Bertz CT molecular complexity index is 399. The average molecular weight is 247 g/mol. The molecule has 1 atom stereocenters. The van der Waals surface area contributed by atoms with E-state index in [0.29, 0.717) is 5.78 Å². The normalized spacial score (nSPS) is 20.2. The number of ketones is 1. The van der Waals surface area contributed by atoms with Crippen molar-refractivity contribution < 1.29 is 9.53 Å². The number of benzene rings is 1. The fourth-order valence-electron chi connectivity index (χ4n) is 2.56. The first-order chi connectivity index (χ1) is 8.70. The molecule has 1 saturated carbocycles. The van der Waals surface area contributed by atoms with E-state index in [1.54, 1.807) is 7.11 Å². The third-order valence-electron chi connectivity index (χ3n) is 3.65. The van der Waals surface area contributed by atoms with E-state index in [2.05, 4.69) is 17.0 Å². The van der Waals surface area contributed by atoms with E-state index in [-0.39, 0.29) is 6.04 Å². The summed E-state index contributed by atoms with van der Waals surface area (Å²) in [7, 11) is 3.71. The number of Topliss-reactive ketones (excluding diaryl/α,β-unsaturated/α-hetero) is 1. The Hall–Kier alpha value is -1.35. The minimum atomic E-state index is 0.112. The minimum absolute atomic E-state index is 0.112. The highest BCUT2D eigenvalue weighted by Crippen LogP contribution is 2.21. The van der Waals surface area contributed by atoms with Crippen molar-refractivity contribution in [1.29, 1.82) is 0 Å². The highest BCUT2D eigenvalue weighted by molar-refractivity contribution is 5.84. The summed E-state index contributed by atoms with van der Waals surface area (Å²) in [5, 5.41) is 0. The van der Waals surface area contributed by atoms with Crippen molar-refractivity contribution >= 4 is 5.78 Å². The van der Waals surface area contributed by atoms with Crippen LogP contribution in [-0.2, 0) is 11.3 Å². The molecule has 1 aromatic carbocycles. The van der Waals surface area contributed by atoms with Crippen LogP contribution in [0.1, 0.15) is 31.2 Å². The zero-order chi connectivity index (χ0) is 13.0. The van der Waals surface area contributed by atoms with Crippen LogP contribution in [0.15, 0.2) is 24.3 Å². The van der Waals surface area contributed by atoms with Gasteiger partial charge in [0.2, 0.25) is 0 Å². The van der Waals surface area contributed by atoms with Crippen LogP contribution >= 0.6 is 0 Å².